The maximum Gasteiger partial charge on any atom is 0.435 e. The highest BCUT2D eigenvalue weighted by Gasteiger charge is 2.34. The Balaban J connectivity index is 2.95. The topological polar surface area (TPSA) is 55.9 Å². The molecule has 0 fully saturated rings. The highest BCUT2D eigenvalue weighted by atomic mass is 19.4. The third-order valence-electron chi connectivity index (χ3n) is 1.55. The Morgan fingerprint density at radius 2 is 2.23 bits per heavy atom. The van der Waals surface area contributed by atoms with Crippen molar-refractivity contribution in [2.24, 2.45) is 12.9 Å². The van der Waals surface area contributed by atoms with Crippen molar-refractivity contribution in [2.45, 2.75) is 12.7 Å². The number of hydrazine groups is 1. The van der Waals surface area contributed by atoms with Crippen molar-refractivity contribution in [3.63, 3.8) is 0 Å². The average Bonchev–Trinajstić information content (AvgIpc) is 2.32. The van der Waals surface area contributed by atoms with Crippen LogP contribution in [0.2, 0.25) is 0 Å². The second kappa shape index (κ2) is 3.35. The number of hydrogen-bond donors (Lipinski definition) is 2. The number of rotatable bonds is 2. The van der Waals surface area contributed by atoms with Crippen molar-refractivity contribution in [1.82, 2.24) is 15.2 Å². The van der Waals surface area contributed by atoms with Crippen LogP contribution < -0.4 is 11.3 Å². The first-order chi connectivity index (χ1) is 5.95. The number of hydrogen-bond acceptors (Lipinski definition) is 3. The summed E-state index contributed by atoms with van der Waals surface area (Å²) in [6, 6.07) is 0.958. The number of aryl methyl sites for hydroxylation is 1. The van der Waals surface area contributed by atoms with E-state index in [9.17, 15) is 13.2 Å². The van der Waals surface area contributed by atoms with E-state index in [2.05, 4.69) is 10.5 Å². The predicted molar refractivity (Wildman–Crippen MR) is 39.2 cm³/mol. The molecule has 1 rings (SSSR count). The lowest BCUT2D eigenvalue weighted by molar-refractivity contribution is -0.141. The lowest BCUT2D eigenvalue weighted by Gasteiger charge is -1.99. The molecule has 0 aromatic carbocycles. The standard InChI is InChI=1S/C6H9F3N4/c1-13-4(3-11-10)2-5(12-13)6(7,8)9/h2,11H,3,10H2,1H3. The van der Waals surface area contributed by atoms with E-state index >= 15 is 0 Å². The summed E-state index contributed by atoms with van der Waals surface area (Å²) in [5.41, 5.74) is 1.74. The number of nitrogens with zero attached hydrogens (tertiary/aromatic N) is 2. The van der Waals surface area contributed by atoms with Gasteiger partial charge in [0.15, 0.2) is 5.69 Å². The van der Waals surface area contributed by atoms with E-state index in [4.69, 9.17) is 5.84 Å². The maximum absolute atomic E-state index is 12.1. The van der Waals surface area contributed by atoms with Crippen LogP contribution in [0.25, 0.3) is 0 Å². The molecular weight excluding hydrogens is 185 g/mol. The molecule has 3 N–H and O–H groups in total. The Labute approximate surface area is 72.5 Å². The summed E-state index contributed by atoms with van der Waals surface area (Å²) in [5, 5.41) is 3.30. The van der Waals surface area contributed by atoms with Crippen LogP contribution >= 0.6 is 0 Å². The SMILES string of the molecule is Cn1nc(C(F)(F)F)cc1CNN. The molecule has 0 radical (unpaired) electrons. The van der Waals surface area contributed by atoms with E-state index in [1.807, 2.05) is 0 Å². The van der Waals surface area contributed by atoms with E-state index in [-0.39, 0.29) is 6.54 Å². The molecule has 0 spiro atoms. The molecule has 74 valence electrons. The molecule has 0 aliphatic carbocycles. The van der Waals surface area contributed by atoms with Gasteiger partial charge < -0.3 is 0 Å². The number of aromatic nitrogens is 2. The molecule has 13 heavy (non-hydrogen) atoms. The fourth-order valence-corrected chi connectivity index (χ4v) is 0.914. The first-order valence-electron chi connectivity index (χ1n) is 3.48. The first-order valence-corrected chi connectivity index (χ1v) is 3.48. The second-order valence-electron chi connectivity index (χ2n) is 2.52. The Hall–Kier alpha value is -1.08. The van der Waals surface area contributed by atoms with Gasteiger partial charge in [0.25, 0.3) is 0 Å². The minimum atomic E-state index is -4.40. The van der Waals surface area contributed by atoms with Crippen LogP contribution in [0.4, 0.5) is 13.2 Å². The van der Waals surface area contributed by atoms with Crippen molar-refractivity contribution in [3.8, 4) is 0 Å². The van der Waals surface area contributed by atoms with Gasteiger partial charge in [-0.1, -0.05) is 0 Å². The Morgan fingerprint density at radius 1 is 1.62 bits per heavy atom. The highest BCUT2D eigenvalue weighted by Crippen LogP contribution is 2.28. The molecule has 0 saturated heterocycles. The van der Waals surface area contributed by atoms with E-state index in [0.29, 0.717) is 5.69 Å². The third kappa shape index (κ3) is 2.19. The zero-order valence-corrected chi connectivity index (χ0v) is 6.89. The van der Waals surface area contributed by atoms with Crippen LogP contribution in [0, 0.1) is 0 Å². The van der Waals surface area contributed by atoms with Gasteiger partial charge in [-0.25, -0.2) is 0 Å². The van der Waals surface area contributed by atoms with Crippen LogP contribution in [0.3, 0.4) is 0 Å². The van der Waals surface area contributed by atoms with Gasteiger partial charge in [0, 0.05) is 7.05 Å². The fraction of sp³-hybridized carbons (Fsp3) is 0.500. The molecule has 7 heteroatoms. The van der Waals surface area contributed by atoms with Gasteiger partial charge in [-0.2, -0.15) is 18.3 Å². The minimum Gasteiger partial charge on any atom is -0.271 e. The molecule has 0 bridgehead atoms. The van der Waals surface area contributed by atoms with Crippen LogP contribution in [-0.2, 0) is 19.8 Å². The van der Waals surface area contributed by atoms with Gasteiger partial charge in [-0.3, -0.25) is 16.0 Å². The van der Waals surface area contributed by atoms with E-state index < -0.39 is 11.9 Å². The van der Waals surface area contributed by atoms with E-state index in [1.54, 1.807) is 0 Å². The summed E-state index contributed by atoms with van der Waals surface area (Å²) in [6.07, 6.45) is -4.40. The highest BCUT2D eigenvalue weighted by molar-refractivity contribution is 5.12. The number of nitrogens with two attached hydrogens (primary N) is 1. The molecule has 0 aliphatic rings. The molecule has 1 aromatic heterocycles. The van der Waals surface area contributed by atoms with Crippen molar-refractivity contribution in [2.75, 3.05) is 0 Å². The molecule has 0 aliphatic heterocycles. The van der Waals surface area contributed by atoms with Gasteiger partial charge in [-0.05, 0) is 6.07 Å². The summed E-state index contributed by atoms with van der Waals surface area (Å²) in [6.45, 7) is 0.152. The average molecular weight is 194 g/mol. The van der Waals surface area contributed by atoms with Gasteiger partial charge in [0.05, 0.1) is 12.2 Å². The molecule has 1 heterocycles. The fourth-order valence-electron chi connectivity index (χ4n) is 0.914. The monoisotopic (exact) mass is 194 g/mol. The maximum atomic E-state index is 12.1. The zero-order valence-electron chi connectivity index (χ0n) is 6.89. The van der Waals surface area contributed by atoms with Crippen LogP contribution in [0.15, 0.2) is 6.07 Å². The number of alkyl halides is 3. The van der Waals surface area contributed by atoms with Gasteiger partial charge in [-0.15, -0.1) is 0 Å². The molecule has 0 saturated carbocycles. The molecule has 0 unspecified atom stereocenters. The Kier molecular flexibility index (Phi) is 2.58. The molecule has 0 amide bonds. The number of nitrogens with one attached hydrogen (secondary N) is 1. The second-order valence-corrected chi connectivity index (χ2v) is 2.52. The predicted octanol–water partition coefficient (Wildman–Crippen LogP) is 0.402. The number of halogens is 3. The van der Waals surface area contributed by atoms with Crippen LogP contribution in [-0.4, -0.2) is 9.78 Å². The molecule has 0 atom stereocenters. The summed E-state index contributed by atoms with van der Waals surface area (Å²) in [4.78, 5) is 0. The first kappa shape index (κ1) is 10.0. The van der Waals surface area contributed by atoms with Crippen molar-refractivity contribution >= 4 is 0 Å². The summed E-state index contributed by atoms with van der Waals surface area (Å²) >= 11 is 0. The van der Waals surface area contributed by atoms with Crippen molar-refractivity contribution < 1.29 is 13.2 Å². The summed E-state index contributed by atoms with van der Waals surface area (Å²) in [7, 11) is 1.43. The zero-order chi connectivity index (χ0) is 10.1. The molecular formula is C6H9F3N4. The summed E-state index contributed by atoms with van der Waals surface area (Å²) < 4.78 is 37.4. The van der Waals surface area contributed by atoms with Gasteiger partial charge in [0.1, 0.15) is 0 Å². The lowest BCUT2D eigenvalue weighted by Crippen LogP contribution is -2.22. The smallest absolute Gasteiger partial charge is 0.271 e. The lowest BCUT2D eigenvalue weighted by atomic mass is 10.3. The Morgan fingerprint density at radius 3 is 2.62 bits per heavy atom. The molecule has 4 nitrogen and oxygen atoms in total. The normalized spacial score (nSPS) is 12.1. The third-order valence-corrected chi connectivity index (χ3v) is 1.55. The van der Waals surface area contributed by atoms with E-state index in [1.165, 1.54) is 7.05 Å². The minimum absolute atomic E-state index is 0.152. The van der Waals surface area contributed by atoms with E-state index in [0.717, 1.165) is 10.7 Å². The van der Waals surface area contributed by atoms with Gasteiger partial charge >= 0.3 is 6.18 Å². The van der Waals surface area contributed by atoms with Crippen molar-refractivity contribution in [3.05, 3.63) is 17.5 Å². The van der Waals surface area contributed by atoms with Crippen molar-refractivity contribution in [1.29, 1.82) is 0 Å². The Bertz CT molecular complexity index is 291. The molecule has 1 aromatic rings. The van der Waals surface area contributed by atoms with Crippen LogP contribution in [0.1, 0.15) is 11.4 Å². The van der Waals surface area contributed by atoms with Gasteiger partial charge in [0.2, 0.25) is 0 Å². The van der Waals surface area contributed by atoms with Crippen LogP contribution in [0.5, 0.6) is 0 Å². The quantitative estimate of drug-likeness (QED) is 0.529. The largest absolute Gasteiger partial charge is 0.435 e. The summed E-state index contributed by atoms with van der Waals surface area (Å²) in [5.74, 6) is 4.98.